The van der Waals surface area contributed by atoms with Gasteiger partial charge in [0, 0.05) is 29.4 Å². The van der Waals surface area contributed by atoms with E-state index >= 15 is 0 Å². The molecular weight excluding hydrogens is 452 g/mol. The Hall–Kier alpha value is -3.22. The SMILES string of the molecule is O=C(Nc1cccc(O)c1)c1ccc(OCCCN2CCCC2)cc1OCc1cccc(Cl)c1. The fourth-order valence-corrected chi connectivity index (χ4v) is 4.17. The number of likely N-dealkylation sites (tertiary alicyclic amines) is 1. The van der Waals surface area contributed by atoms with Gasteiger partial charge in [0.1, 0.15) is 23.9 Å². The number of ether oxygens (including phenoxy) is 2. The molecule has 3 aromatic rings. The molecule has 0 aliphatic carbocycles. The Kier molecular flexibility index (Phi) is 8.28. The number of aromatic hydroxyl groups is 1. The average molecular weight is 481 g/mol. The molecule has 0 atom stereocenters. The number of halogens is 1. The summed E-state index contributed by atoms with van der Waals surface area (Å²) in [4.78, 5) is 15.4. The van der Waals surface area contributed by atoms with E-state index in [0.29, 0.717) is 34.4 Å². The van der Waals surface area contributed by atoms with E-state index in [9.17, 15) is 9.90 Å². The van der Waals surface area contributed by atoms with Gasteiger partial charge in [-0.15, -0.1) is 0 Å². The van der Waals surface area contributed by atoms with Gasteiger partial charge in [-0.3, -0.25) is 4.79 Å². The monoisotopic (exact) mass is 480 g/mol. The molecule has 1 fully saturated rings. The van der Waals surface area contributed by atoms with Crippen LogP contribution in [0, 0.1) is 0 Å². The Labute approximate surface area is 205 Å². The first-order valence-corrected chi connectivity index (χ1v) is 11.9. The molecule has 34 heavy (non-hydrogen) atoms. The molecule has 0 bridgehead atoms. The third-order valence-corrected chi connectivity index (χ3v) is 5.91. The van der Waals surface area contributed by atoms with Crippen molar-refractivity contribution in [1.82, 2.24) is 4.90 Å². The number of nitrogens with one attached hydrogen (secondary N) is 1. The summed E-state index contributed by atoms with van der Waals surface area (Å²) in [5.41, 5.74) is 1.76. The fourth-order valence-electron chi connectivity index (χ4n) is 3.95. The minimum atomic E-state index is -0.340. The van der Waals surface area contributed by atoms with Crippen LogP contribution in [0.5, 0.6) is 17.2 Å². The van der Waals surface area contributed by atoms with E-state index in [1.165, 1.54) is 32.0 Å². The zero-order valence-corrected chi connectivity index (χ0v) is 19.8. The Bertz CT molecular complexity index is 1120. The molecule has 178 valence electrons. The number of carbonyl (C=O) groups excluding carboxylic acids is 1. The first-order chi connectivity index (χ1) is 16.6. The van der Waals surface area contributed by atoms with Crippen molar-refractivity contribution in [3.63, 3.8) is 0 Å². The molecule has 0 spiro atoms. The second-order valence-corrected chi connectivity index (χ2v) is 8.77. The van der Waals surface area contributed by atoms with Gasteiger partial charge in [0.15, 0.2) is 0 Å². The van der Waals surface area contributed by atoms with Gasteiger partial charge < -0.3 is 24.8 Å². The van der Waals surface area contributed by atoms with Gasteiger partial charge in [-0.1, -0.05) is 29.8 Å². The zero-order valence-electron chi connectivity index (χ0n) is 19.0. The maximum absolute atomic E-state index is 13.0. The molecule has 0 saturated carbocycles. The van der Waals surface area contributed by atoms with Crippen molar-refractivity contribution < 1.29 is 19.4 Å². The number of amides is 1. The number of hydrogen-bond acceptors (Lipinski definition) is 5. The lowest BCUT2D eigenvalue weighted by atomic mass is 10.1. The van der Waals surface area contributed by atoms with Gasteiger partial charge in [0.25, 0.3) is 5.91 Å². The molecule has 0 aromatic heterocycles. The highest BCUT2D eigenvalue weighted by Gasteiger charge is 2.16. The van der Waals surface area contributed by atoms with E-state index < -0.39 is 0 Å². The number of phenols is 1. The van der Waals surface area contributed by atoms with E-state index in [4.69, 9.17) is 21.1 Å². The highest BCUT2D eigenvalue weighted by atomic mass is 35.5. The summed E-state index contributed by atoms with van der Waals surface area (Å²) in [5.74, 6) is 0.797. The molecule has 0 unspecified atom stereocenters. The molecule has 3 aromatic carbocycles. The van der Waals surface area contributed by atoms with E-state index in [-0.39, 0.29) is 18.3 Å². The molecule has 0 radical (unpaired) electrons. The normalized spacial score (nSPS) is 13.6. The van der Waals surface area contributed by atoms with Gasteiger partial charge in [0.2, 0.25) is 0 Å². The summed E-state index contributed by atoms with van der Waals surface area (Å²) in [5, 5.41) is 13.1. The predicted molar refractivity (Wildman–Crippen MR) is 134 cm³/mol. The van der Waals surface area contributed by atoms with Crippen molar-refractivity contribution in [3.8, 4) is 17.2 Å². The maximum Gasteiger partial charge on any atom is 0.259 e. The Morgan fingerprint density at radius 3 is 2.62 bits per heavy atom. The van der Waals surface area contributed by atoms with Crippen molar-refractivity contribution in [2.75, 3.05) is 31.6 Å². The van der Waals surface area contributed by atoms with Gasteiger partial charge >= 0.3 is 0 Å². The van der Waals surface area contributed by atoms with Crippen molar-refractivity contribution in [3.05, 3.63) is 82.9 Å². The largest absolute Gasteiger partial charge is 0.508 e. The molecule has 1 amide bonds. The third-order valence-electron chi connectivity index (χ3n) is 5.67. The molecule has 7 heteroatoms. The molecule has 1 aliphatic rings. The zero-order chi connectivity index (χ0) is 23.8. The minimum absolute atomic E-state index is 0.0768. The van der Waals surface area contributed by atoms with Gasteiger partial charge in [-0.25, -0.2) is 0 Å². The Morgan fingerprint density at radius 2 is 1.82 bits per heavy atom. The van der Waals surface area contributed by atoms with Crippen LogP contribution in [-0.2, 0) is 6.61 Å². The third kappa shape index (κ3) is 6.89. The molecule has 1 aliphatic heterocycles. The van der Waals surface area contributed by atoms with Crippen LogP contribution >= 0.6 is 11.6 Å². The second kappa shape index (κ2) is 11.8. The summed E-state index contributed by atoms with van der Waals surface area (Å²) in [6.07, 6.45) is 3.50. The quantitative estimate of drug-likeness (QED) is 0.362. The van der Waals surface area contributed by atoms with Crippen LogP contribution in [0.1, 0.15) is 35.2 Å². The van der Waals surface area contributed by atoms with Gasteiger partial charge in [-0.2, -0.15) is 0 Å². The van der Waals surface area contributed by atoms with Gasteiger partial charge in [-0.05, 0) is 74.3 Å². The summed E-state index contributed by atoms with van der Waals surface area (Å²) >= 11 is 6.09. The van der Waals surface area contributed by atoms with Crippen LogP contribution in [0.3, 0.4) is 0 Å². The fraction of sp³-hybridized carbons (Fsp3) is 0.296. The van der Waals surface area contributed by atoms with E-state index in [1.807, 2.05) is 18.2 Å². The first-order valence-electron chi connectivity index (χ1n) is 11.5. The molecule has 1 saturated heterocycles. The van der Waals surface area contributed by atoms with Gasteiger partial charge in [0.05, 0.1) is 12.2 Å². The number of phenolic OH excluding ortho intramolecular Hbond substituents is 1. The van der Waals surface area contributed by atoms with E-state index in [1.54, 1.807) is 42.5 Å². The predicted octanol–water partition coefficient (Wildman–Crippen LogP) is 5.74. The van der Waals surface area contributed by atoms with Crippen LogP contribution in [0.2, 0.25) is 5.02 Å². The van der Waals surface area contributed by atoms with Crippen molar-refractivity contribution in [2.24, 2.45) is 0 Å². The molecule has 1 heterocycles. The maximum atomic E-state index is 13.0. The molecule has 4 rings (SSSR count). The number of benzene rings is 3. The van der Waals surface area contributed by atoms with Crippen LogP contribution in [0.15, 0.2) is 66.7 Å². The first kappa shape index (κ1) is 23.9. The van der Waals surface area contributed by atoms with Crippen LogP contribution in [0.25, 0.3) is 0 Å². The van der Waals surface area contributed by atoms with E-state index in [0.717, 1.165) is 18.5 Å². The van der Waals surface area contributed by atoms with Crippen molar-refractivity contribution >= 4 is 23.2 Å². The molecule has 2 N–H and O–H groups in total. The highest BCUT2D eigenvalue weighted by Crippen LogP contribution is 2.28. The Balaban J connectivity index is 1.45. The summed E-state index contributed by atoms with van der Waals surface area (Å²) in [7, 11) is 0. The topological polar surface area (TPSA) is 71.0 Å². The Morgan fingerprint density at radius 1 is 1.00 bits per heavy atom. The lowest BCUT2D eigenvalue weighted by Crippen LogP contribution is -2.21. The number of carbonyl (C=O) groups is 1. The number of hydrogen-bond donors (Lipinski definition) is 2. The van der Waals surface area contributed by atoms with E-state index in [2.05, 4.69) is 10.2 Å². The highest BCUT2D eigenvalue weighted by molar-refractivity contribution is 6.30. The summed E-state index contributed by atoms with van der Waals surface area (Å²) in [6, 6.07) is 19.0. The summed E-state index contributed by atoms with van der Waals surface area (Å²) < 4.78 is 12.0. The standard InChI is InChI=1S/C27H29ClN2O4/c28-21-7-3-6-20(16-21)19-34-26-18-24(33-15-5-14-30-12-1-2-13-30)10-11-25(26)27(32)29-22-8-4-9-23(31)17-22/h3-4,6-11,16-18,31H,1-2,5,12-15,19H2,(H,29,32). The molecule has 6 nitrogen and oxygen atoms in total. The summed E-state index contributed by atoms with van der Waals surface area (Å²) in [6.45, 7) is 4.22. The number of nitrogens with zero attached hydrogens (tertiary/aromatic N) is 1. The smallest absolute Gasteiger partial charge is 0.259 e. The van der Waals surface area contributed by atoms with Crippen molar-refractivity contribution in [2.45, 2.75) is 25.9 Å². The second-order valence-electron chi connectivity index (χ2n) is 8.33. The van der Waals surface area contributed by atoms with Crippen molar-refractivity contribution in [1.29, 1.82) is 0 Å². The number of anilines is 1. The molecular formula is C27H29ClN2O4. The van der Waals surface area contributed by atoms with Crippen LogP contribution in [0.4, 0.5) is 5.69 Å². The number of rotatable bonds is 10. The minimum Gasteiger partial charge on any atom is -0.508 e. The lowest BCUT2D eigenvalue weighted by Gasteiger charge is -2.16. The lowest BCUT2D eigenvalue weighted by molar-refractivity contribution is 0.102. The van der Waals surface area contributed by atoms with Crippen LogP contribution < -0.4 is 14.8 Å². The van der Waals surface area contributed by atoms with Crippen LogP contribution in [-0.4, -0.2) is 42.2 Å². The average Bonchev–Trinajstić information content (AvgIpc) is 3.34.